The predicted molar refractivity (Wildman–Crippen MR) is 94.7 cm³/mol. The van der Waals surface area contributed by atoms with Crippen molar-refractivity contribution in [1.29, 1.82) is 0 Å². The fourth-order valence-electron chi connectivity index (χ4n) is 1.69. The normalized spacial score (nSPS) is 11.1. The molecule has 0 aliphatic carbocycles. The predicted octanol–water partition coefficient (Wildman–Crippen LogP) is 3.81. The van der Waals surface area contributed by atoms with Crippen LogP contribution in [0.15, 0.2) is 24.3 Å². The van der Waals surface area contributed by atoms with E-state index in [1.165, 1.54) is 0 Å². The highest BCUT2D eigenvalue weighted by atomic mass is 32.2. The van der Waals surface area contributed by atoms with Crippen LogP contribution in [0.1, 0.15) is 39.7 Å². The molecule has 0 spiro atoms. The quantitative estimate of drug-likeness (QED) is 0.715. The highest BCUT2D eigenvalue weighted by molar-refractivity contribution is 8.00. The second kappa shape index (κ2) is 9.62. The number of carbonyl (C=O) groups is 1. The first kappa shape index (κ1) is 18.7. The van der Waals surface area contributed by atoms with E-state index in [0.29, 0.717) is 13.1 Å². The van der Waals surface area contributed by atoms with Crippen LogP contribution in [0.3, 0.4) is 0 Å². The van der Waals surface area contributed by atoms with Crippen molar-refractivity contribution in [2.75, 3.05) is 18.9 Å². The molecular weight excluding hydrogens is 296 g/mol. The van der Waals surface area contributed by atoms with Gasteiger partial charge in [-0.3, -0.25) is 0 Å². The van der Waals surface area contributed by atoms with Gasteiger partial charge in [0, 0.05) is 23.6 Å². The SMILES string of the molecule is CCCOc1ccc(CNC(=O)NCCSC(C)(C)C)cc1. The Morgan fingerprint density at radius 3 is 2.45 bits per heavy atom. The molecule has 0 unspecified atom stereocenters. The standard InChI is InChI=1S/C17H28N2O2S/c1-5-11-21-15-8-6-14(7-9-15)13-19-16(20)18-10-12-22-17(2,3)4/h6-9H,5,10-13H2,1-4H3,(H2,18,19,20). The van der Waals surface area contributed by atoms with Crippen molar-refractivity contribution in [1.82, 2.24) is 10.6 Å². The summed E-state index contributed by atoms with van der Waals surface area (Å²) >= 11 is 1.84. The summed E-state index contributed by atoms with van der Waals surface area (Å²) < 4.78 is 5.76. The molecule has 1 aromatic carbocycles. The van der Waals surface area contributed by atoms with Gasteiger partial charge in [0.2, 0.25) is 0 Å². The molecule has 0 saturated carbocycles. The second-order valence-electron chi connectivity index (χ2n) is 6.06. The molecule has 22 heavy (non-hydrogen) atoms. The maximum Gasteiger partial charge on any atom is 0.315 e. The third kappa shape index (κ3) is 8.82. The largest absolute Gasteiger partial charge is 0.494 e. The molecule has 124 valence electrons. The van der Waals surface area contributed by atoms with Crippen LogP contribution in [-0.2, 0) is 6.54 Å². The van der Waals surface area contributed by atoms with Gasteiger partial charge in [0.25, 0.3) is 0 Å². The van der Waals surface area contributed by atoms with E-state index in [9.17, 15) is 4.79 Å². The Kier molecular flexibility index (Phi) is 8.17. The topological polar surface area (TPSA) is 50.4 Å². The molecular formula is C17H28N2O2S. The van der Waals surface area contributed by atoms with Crippen LogP contribution >= 0.6 is 11.8 Å². The molecule has 0 bridgehead atoms. The lowest BCUT2D eigenvalue weighted by atomic mass is 10.2. The minimum absolute atomic E-state index is 0.124. The van der Waals surface area contributed by atoms with Gasteiger partial charge in [0.05, 0.1) is 6.61 Å². The number of thioether (sulfide) groups is 1. The molecule has 0 saturated heterocycles. The average Bonchev–Trinajstić information content (AvgIpc) is 2.47. The van der Waals surface area contributed by atoms with Crippen LogP contribution in [0.25, 0.3) is 0 Å². The number of carbonyl (C=O) groups excluding carboxylic acids is 1. The van der Waals surface area contributed by atoms with Crippen LogP contribution in [0.5, 0.6) is 5.75 Å². The molecule has 2 N–H and O–H groups in total. The van der Waals surface area contributed by atoms with Gasteiger partial charge >= 0.3 is 6.03 Å². The van der Waals surface area contributed by atoms with E-state index < -0.39 is 0 Å². The zero-order chi connectivity index (χ0) is 16.4. The average molecular weight is 324 g/mol. The molecule has 4 nitrogen and oxygen atoms in total. The monoisotopic (exact) mass is 324 g/mol. The number of nitrogens with one attached hydrogen (secondary N) is 2. The molecule has 0 aromatic heterocycles. The molecule has 0 fully saturated rings. The summed E-state index contributed by atoms with van der Waals surface area (Å²) in [4.78, 5) is 11.7. The van der Waals surface area contributed by atoms with Crippen molar-refractivity contribution in [3.63, 3.8) is 0 Å². The van der Waals surface area contributed by atoms with E-state index in [4.69, 9.17) is 4.74 Å². The minimum atomic E-state index is -0.124. The third-order valence-corrected chi connectivity index (χ3v) is 4.05. The number of hydrogen-bond donors (Lipinski definition) is 2. The fourth-order valence-corrected chi connectivity index (χ4v) is 2.51. The van der Waals surface area contributed by atoms with Crippen molar-refractivity contribution in [3.8, 4) is 5.75 Å². The Morgan fingerprint density at radius 2 is 1.86 bits per heavy atom. The number of benzene rings is 1. The number of ether oxygens (including phenoxy) is 1. The van der Waals surface area contributed by atoms with Gasteiger partial charge < -0.3 is 15.4 Å². The molecule has 0 heterocycles. The summed E-state index contributed by atoms with van der Waals surface area (Å²) in [5.74, 6) is 1.79. The lowest BCUT2D eigenvalue weighted by molar-refractivity contribution is 0.241. The molecule has 1 rings (SSSR count). The van der Waals surface area contributed by atoms with E-state index >= 15 is 0 Å². The molecule has 0 aliphatic rings. The fraction of sp³-hybridized carbons (Fsp3) is 0.588. The number of rotatable bonds is 8. The lowest BCUT2D eigenvalue weighted by Gasteiger charge is -2.17. The van der Waals surface area contributed by atoms with Gasteiger partial charge in [-0.25, -0.2) is 4.79 Å². The van der Waals surface area contributed by atoms with Crippen LogP contribution in [0.2, 0.25) is 0 Å². The van der Waals surface area contributed by atoms with E-state index in [1.54, 1.807) is 0 Å². The summed E-state index contributed by atoms with van der Waals surface area (Å²) in [5, 5.41) is 5.73. The van der Waals surface area contributed by atoms with Crippen molar-refractivity contribution < 1.29 is 9.53 Å². The van der Waals surface area contributed by atoms with Crippen LogP contribution in [-0.4, -0.2) is 29.7 Å². The Morgan fingerprint density at radius 1 is 1.18 bits per heavy atom. The van der Waals surface area contributed by atoms with Crippen LogP contribution in [0.4, 0.5) is 4.79 Å². The summed E-state index contributed by atoms with van der Waals surface area (Å²) in [6.07, 6.45) is 0.997. The smallest absolute Gasteiger partial charge is 0.315 e. The number of amides is 2. The van der Waals surface area contributed by atoms with E-state index in [1.807, 2.05) is 36.0 Å². The summed E-state index contributed by atoms with van der Waals surface area (Å²) in [7, 11) is 0. The Hall–Kier alpha value is -1.36. The first-order chi connectivity index (χ1) is 10.4. The molecule has 0 atom stereocenters. The minimum Gasteiger partial charge on any atom is -0.494 e. The van der Waals surface area contributed by atoms with E-state index in [0.717, 1.165) is 30.1 Å². The number of urea groups is 1. The Balaban J connectivity index is 2.20. The Labute approximate surface area is 138 Å². The zero-order valence-corrected chi connectivity index (χ0v) is 14.9. The van der Waals surface area contributed by atoms with Crippen LogP contribution in [0, 0.1) is 0 Å². The summed E-state index contributed by atoms with van der Waals surface area (Å²) in [6, 6.07) is 7.69. The highest BCUT2D eigenvalue weighted by Gasteiger charge is 2.09. The van der Waals surface area contributed by atoms with Gasteiger partial charge in [-0.2, -0.15) is 11.8 Å². The molecule has 5 heteroatoms. The first-order valence-corrected chi connectivity index (χ1v) is 8.76. The van der Waals surface area contributed by atoms with Gasteiger partial charge in [-0.15, -0.1) is 0 Å². The van der Waals surface area contributed by atoms with Gasteiger partial charge in [0.15, 0.2) is 0 Å². The van der Waals surface area contributed by atoms with Gasteiger partial charge in [-0.05, 0) is 24.1 Å². The van der Waals surface area contributed by atoms with Gasteiger partial charge in [-0.1, -0.05) is 39.8 Å². The lowest BCUT2D eigenvalue weighted by Crippen LogP contribution is -2.36. The maximum absolute atomic E-state index is 11.7. The molecule has 0 radical (unpaired) electrons. The zero-order valence-electron chi connectivity index (χ0n) is 14.1. The first-order valence-electron chi connectivity index (χ1n) is 7.78. The summed E-state index contributed by atoms with van der Waals surface area (Å²) in [6.45, 7) is 10.5. The van der Waals surface area contributed by atoms with Crippen LogP contribution < -0.4 is 15.4 Å². The molecule has 2 amide bonds. The molecule has 1 aromatic rings. The molecule has 0 aliphatic heterocycles. The van der Waals surface area contributed by atoms with E-state index in [2.05, 4.69) is 38.3 Å². The second-order valence-corrected chi connectivity index (χ2v) is 7.98. The van der Waals surface area contributed by atoms with E-state index in [-0.39, 0.29) is 10.8 Å². The Bertz CT molecular complexity index is 441. The van der Waals surface area contributed by atoms with Gasteiger partial charge in [0.1, 0.15) is 5.75 Å². The van der Waals surface area contributed by atoms with Crippen molar-refractivity contribution in [2.24, 2.45) is 0 Å². The van der Waals surface area contributed by atoms with Crippen molar-refractivity contribution in [2.45, 2.75) is 45.4 Å². The van der Waals surface area contributed by atoms with Crippen molar-refractivity contribution in [3.05, 3.63) is 29.8 Å². The third-order valence-electron chi connectivity index (χ3n) is 2.77. The number of hydrogen-bond acceptors (Lipinski definition) is 3. The summed E-state index contributed by atoms with van der Waals surface area (Å²) in [5.41, 5.74) is 1.06. The highest BCUT2D eigenvalue weighted by Crippen LogP contribution is 2.21. The van der Waals surface area contributed by atoms with Crippen molar-refractivity contribution >= 4 is 17.8 Å². The maximum atomic E-state index is 11.7.